The molecule has 0 radical (unpaired) electrons. The van der Waals surface area contributed by atoms with Crippen molar-refractivity contribution in [2.45, 2.75) is 26.3 Å². The van der Waals surface area contributed by atoms with E-state index in [0.29, 0.717) is 6.54 Å². The van der Waals surface area contributed by atoms with Crippen LogP contribution in [0.3, 0.4) is 0 Å². The molecule has 5 rings (SSSR count). The fourth-order valence-electron chi connectivity index (χ4n) is 4.80. The van der Waals surface area contributed by atoms with E-state index in [1.54, 1.807) is 0 Å². The van der Waals surface area contributed by atoms with Crippen LogP contribution >= 0.6 is 0 Å². The third-order valence-electron chi connectivity index (χ3n) is 6.44. The van der Waals surface area contributed by atoms with E-state index in [9.17, 15) is 4.79 Å². The van der Waals surface area contributed by atoms with Crippen molar-refractivity contribution in [3.8, 4) is 44.6 Å². The van der Waals surface area contributed by atoms with Gasteiger partial charge in [0.2, 0.25) is 0 Å². The minimum absolute atomic E-state index is 0.0574. The first-order chi connectivity index (χ1) is 17.3. The Morgan fingerprint density at radius 3 is 1.37 bits per heavy atom. The molecular formula is C33H29NO. The lowest BCUT2D eigenvalue weighted by Gasteiger charge is -2.24. The molecule has 35 heavy (non-hydrogen) atoms. The average molecular weight is 456 g/mol. The molecule has 0 atom stereocenters. The molecule has 1 heterocycles. The van der Waals surface area contributed by atoms with Crippen molar-refractivity contribution < 1.29 is 0 Å². The summed E-state index contributed by atoms with van der Waals surface area (Å²) in [6.45, 7) is 2.84. The summed E-state index contributed by atoms with van der Waals surface area (Å²) in [6.07, 6.45) is 1.95. The second kappa shape index (κ2) is 10.4. The molecule has 0 aliphatic heterocycles. The SMILES string of the molecule is CCCCn1c(-c2ccccc2)c(-c2ccccc2)c(-c2ccccc2)c(-c2ccccc2)c1=O. The molecule has 5 aromatic rings. The Morgan fingerprint density at radius 2 is 0.914 bits per heavy atom. The fraction of sp³-hybridized carbons (Fsp3) is 0.121. The van der Waals surface area contributed by atoms with Gasteiger partial charge >= 0.3 is 0 Å². The standard InChI is InChI=1S/C33H29NO/c1-2-3-24-34-32(28-22-14-7-15-23-28)30(26-18-10-5-11-19-26)29(25-16-8-4-9-17-25)31(33(34)35)27-20-12-6-13-21-27/h4-23H,2-3,24H2,1H3. The van der Waals surface area contributed by atoms with Crippen LogP contribution in [0, 0.1) is 0 Å². The van der Waals surface area contributed by atoms with Gasteiger partial charge in [0.1, 0.15) is 0 Å². The van der Waals surface area contributed by atoms with Crippen molar-refractivity contribution in [1.29, 1.82) is 0 Å². The first kappa shape index (κ1) is 22.6. The van der Waals surface area contributed by atoms with Crippen molar-refractivity contribution in [3.63, 3.8) is 0 Å². The van der Waals surface area contributed by atoms with Gasteiger partial charge in [-0.2, -0.15) is 0 Å². The maximum absolute atomic E-state index is 14.4. The van der Waals surface area contributed by atoms with Crippen LogP contribution in [0.2, 0.25) is 0 Å². The molecule has 2 nitrogen and oxygen atoms in total. The Balaban J connectivity index is 2.02. The van der Waals surface area contributed by atoms with Crippen molar-refractivity contribution in [2.24, 2.45) is 0 Å². The number of benzene rings is 4. The van der Waals surface area contributed by atoms with E-state index in [1.807, 2.05) is 77.4 Å². The van der Waals surface area contributed by atoms with E-state index in [-0.39, 0.29) is 5.56 Å². The van der Waals surface area contributed by atoms with Gasteiger partial charge in [0, 0.05) is 17.7 Å². The third kappa shape index (κ3) is 4.48. The Labute approximate surface area is 207 Å². The Bertz CT molecular complexity index is 1450. The number of nitrogens with zero attached hydrogens (tertiary/aromatic N) is 1. The lowest BCUT2D eigenvalue weighted by Crippen LogP contribution is -2.25. The van der Waals surface area contributed by atoms with Crippen molar-refractivity contribution in [3.05, 3.63) is 132 Å². The summed E-state index contributed by atoms with van der Waals surface area (Å²) in [6, 6.07) is 41.3. The highest BCUT2D eigenvalue weighted by molar-refractivity contribution is 6.00. The van der Waals surface area contributed by atoms with Gasteiger partial charge in [-0.1, -0.05) is 135 Å². The summed E-state index contributed by atoms with van der Waals surface area (Å²) in [4.78, 5) is 14.4. The maximum atomic E-state index is 14.4. The zero-order valence-electron chi connectivity index (χ0n) is 20.0. The molecule has 1 aromatic heterocycles. The van der Waals surface area contributed by atoms with Crippen molar-refractivity contribution in [1.82, 2.24) is 4.57 Å². The molecule has 172 valence electrons. The lowest BCUT2D eigenvalue weighted by molar-refractivity contribution is 0.620. The molecule has 0 saturated heterocycles. The molecule has 0 unspecified atom stereocenters. The van der Waals surface area contributed by atoms with Crippen LogP contribution in [-0.2, 0) is 6.54 Å². The average Bonchev–Trinajstić information content (AvgIpc) is 2.93. The lowest BCUT2D eigenvalue weighted by atomic mass is 9.85. The normalized spacial score (nSPS) is 10.9. The van der Waals surface area contributed by atoms with Crippen LogP contribution < -0.4 is 5.56 Å². The van der Waals surface area contributed by atoms with E-state index in [1.165, 1.54) is 0 Å². The molecule has 0 fully saturated rings. The molecule has 0 bridgehead atoms. The fourth-order valence-corrected chi connectivity index (χ4v) is 4.80. The molecule has 0 N–H and O–H groups in total. The Morgan fingerprint density at radius 1 is 0.514 bits per heavy atom. The van der Waals surface area contributed by atoms with Gasteiger partial charge in [-0.05, 0) is 28.7 Å². The van der Waals surface area contributed by atoms with Crippen LogP contribution in [0.5, 0.6) is 0 Å². The van der Waals surface area contributed by atoms with E-state index >= 15 is 0 Å². The number of unbranched alkanes of at least 4 members (excludes halogenated alkanes) is 1. The summed E-state index contributed by atoms with van der Waals surface area (Å²) in [5, 5.41) is 0. The molecule has 4 aromatic carbocycles. The van der Waals surface area contributed by atoms with Crippen molar-refractivity contribution in [2.75, 3.05) is 0 Å². The highest BCUT2D eigenvalue weighted by Crippen LogP contribution is 2.43. The number of hydrogen-bond acceptors (Lipinski definition) is 1. The quantitative estimate of drug-likeness (QED) is 0.242. The van der Waals surface area contributed by atoms with Crippen LogP contribution in [0.4, 0.5) is 0 Å². The Kier molecular flexibility index (Phi) is 6.72. The van der Waals surface area contributed by atoms with E-state index < -0.39 is 0 Å². The van der Waals surface area contributed by atoms with Crippen LogP contribution in [0.25, 0.3) is 44.6 Å². The van der Waals surface area contributed by atoms with Crippen molar-refractivity contribution >= 4 is 0 Å². The second-order valence-electron chi connectivity index (χ2n) is 8.75. The summed E-state index contributed by atoms with van der Waals surface area (Å²) in [5.74, 6) is 0. The monoisotopic (exact) mass is 455 g/mol. The summed E-state index contributed by atoms with van der Waals surface area (Å²) in [7, 11) is 0. The summed E-state index contributed by atoms with van der Waals surface area (Å²) >= 11 is 0. The largest absolute Gasteiger partial charge is 0.307 e. The minimum Gasteiger partial charge on any atom is -0.307 e. The van der Waals surface area contributed by atoms with Crippen LogP contribution in [0.1, 0.15) is 19.8 Å². The topological polar surface area (TPSA) is 22.0 Å². The van der Waals surface area contributed by atoms with Gasteiger partial charge in [-0.15, -0.1) is 0 Å². The molecule has 0 aliphatic carbocycles. The summed E-state index contributed by atoms with van der Waals surface area (Å²) in [5.41, 5.74) is 8.02. The molecule has 0 spiro atoms. The van der Waals surface area contributed by atoms with E-state index in [4.69, 9.17) is 0 Å². The zero-order chi connectivity index (χ0) is 24.0. The van der Waals surface area contributed by atoms with Crippen LogP contribution in [-0.4, -0.2) is 4.57 Å². The first-order valence-electron chi connectivity index (χ1n) is 12.3. The number of hydrogen-bond donors (Lipinski definition) is 0. The molecular weight excluding hydrogens is 426 g/mol. The van der Waals surface area contributed by atoms with Gasteiger partial charge < -0.3 is 4.57 Å². The highest BCUT2D eigenvalue weighted by atomic mass is 16.1. The smallest absolute Gasteiger partial charge is 0.259 e. The second-order valence-corrected chi connectivity index (χ2v) is 8.75. The minimum atomic E-state index is 0.0574. The predicted octanol–water partition coefficient (Wildman–Crippen LogP) is 8.32. The van der Waals surface area contributed by atoms with Gasteiger partial charge in [-0.25, -0.2) is 0 Å². The summed E-state index contributed by atoms with van der Waals surface area (Å²) < 4.78 is 2.01. The van der Waals surface area contributed by atoms with Gasteiger partial charge in [0.05, 0.1) is 11.3 Å². The van der Waals surface area contributed by atoms with Gasteiger partial charge in [0.25, 0.3) is 5.56 Å². The van der Waals surface area contributed by atoms with Crippen LogP contribution in [0.15, 0.2) is 126 Å². The zero-order valence-corrected chi connectivity index (χ0v) is 20.0. The van der Waals surface area contributed by atoms with Gasteiger partial charge in [-0.3, -0.25) is 4.79 Å². The molecule has 0 saturated carbocycles. The predicted molar refractivity (Wildman–Crippen MR) is 147 cm³/mol. The van der Waals surface area contributed by atoms with E-state index in [2.05, 4.69) is 55.5 Å². The third-order valence-corrected chi connectivity index (χ3v) is 6.44. The first-order valence-corrected chi connectivity index (χ1v) is 12.3. The number of rotatable bonds is 7. The Hall–Kier alpha value is -4.17. The number of aromatic nitrogens is 1. The maximum Gasteiger partial charge on any atom is 0.259 e. The number of pyridine rings is 1. The molecule has 0 amide bonds. The molecule has 0 aliphatic rings. The molecule has 2 heteroatoms. The van der Waals surface area contributed by atoms with Gasteiger partial charge in [0.15, 0.2) is 0 Å². The van der Waals surface area contributed by atoms with E-state index in [0.717, 1.165) is 57.5 Å². The highest BCUT2D eigenvalue weighted by Gasteiger charge is 2.25.